The first-order chi connectivity index (χ1) is 16.8. The highest BCUT2D eigenvalue weighted by Crippen LogP contribution is 2.60. The van der Waals surface area contributed by atoms with Crippen molar-refractivity contribution < 1.29 is 18.4 Å². The quantitative estimate of drug-likeness (QED) is 0.462. The molecule has 5 nitrogen and oxygen atoms in total. The van der Waals surface area contributed by atoms with Crippen molar-refractivity contribution in [3.63, 3.8) is 0 Å². The normalized spacial score (nSPS) is 26.7. The molecular weight excluding hydrogens is 443 g/mol. The highest BCUT2D eigenvalue weighted by atomic mass is 19.1. The lowest BCUT2D eigenvalue weighted by atomic mass is 9.49. The molecule has 0 spiro atoms. The monoisotopic (exact) mass is 480 g/mol. The highest BCUT2D eigenvalue weighted by Gasteiger charge is 2.55. The molecule has 6 rings (SSSR count). The standard InChI is InChI=1S/C29H37FN2O3/c1-3-10-31(28(34)29-14-22-11-23(15-29)13-24(12-22)16-29)19-27(33)32(18-26-9-4-20(2)35-26)17-21-5-7-25(30)8-6-21/h4-9,22-24H,3,10-19H2,1-2H3. The Morgan fingerprint density at radius 3 is 2.11 bits per heavy atom. The molecule has 4 bridgehead atoms. The fourth-order valence-corrected chi connectivity index (χ4v) is 7.29. The predicted molar refractivity (Wildman–Crippen MR) is 132 cm³/mol. The van der Waals surface area contributed by atoms with E-state index in [-0.39, 0.29) is 29.6 Å². The topological polar surface area (TPSA) is 53.8 Å². The molecule has 2 aromatic rings. The molecule has 2 amide bonds. The van der Waals surface area contributed by atoms with E-state index in [0.29, 0.717) is 43.1 Å². The summed E-state index contributed by atoms with van der Waals surface area (Å²) in [6.07, 6.45) is 7.67. The maximum Gasteiger partial charge on any atom is 0.242 e. The Morgan fingerprint density at radius 2 is 1.57 bits per heavy atom. The van der Waals surface area contributed by atoms with E-state index in [1.165, 1.54) is 31.4 Å². The van der Waals surface area contributed by atoms with Crippen molar-refractivity contribution >= 4 is 11.8 Å². The number of carbonyl (C=O) groups excluding carboxylic acids is 2. The van der Waals surface area contributed by atoms with Gasteiger partial charge in [0.25, 0.3) is 0 Å². The van der Waals surface area contributed by atoms with Crippen LogP contribution in [0.5, 0.6) is 0 Å². The number of rotatable bonds is 9. The van der Waals surface area contributed by atoms with Gasteiger partial charge in [-0.25, -0.2) is 4.39 Å². The van der Waals surface area contributed by atoms with Crippen molar-refractivity contribution in [2.75, 3.05) is 13.1 Å². The third-order valence-electron chi connectivity index (χ3n) is 8.38. The van der Waals surface area contributed by atoms with Crippen LogP contribution in [0, 0.1) is 35.9 Å². The van der Waals surface area contributed by atoms with E-state index >= 15 is 0 Å². The molecule has 0 N–H and O–H groups in total. The summed E-state index contributed by atoms with van der Waals surface area (Å²) in [5.74, 6) is 3.33. The first-order valence-corrected chi connectivity index (χ1v) is 13.2. The Balaban J connectivity index is 1.34. The summed E-state index contributed by atoms with van der Waals surface area (Å²) in [7, 11) is 0. The molecule has 1 aromatic heterocycles. The molecule has 188 valence electrons. The summed E-state index contributed by atoms with van der Waals surface area (Å²) in [5.41, 5.74) is 0.585. The second kappa shape index (κ2) is 9.79. The van der Waals surface area contributed by atoms with E-state index in [9.17, 15) is 14.0 Å². The van der Waals surface area contributed by atoms with Gasteiger partial charge in [-0.2, -0.15) is 0 Å². The first-order valence-electron chi connectivity index (χ1n) is 13.2. The molecule has 6 heteroatoms. The second-order valence-corrected chi connectivity index (χ2v) is 11.3. The number of nitrogens with zero attached hydrogens (tertiary/aromatic N) is 2. The number of hydrogen-bond donors (Lipinski definition) is 0. The average molecular weight is 481 g/mol. The lowest BCUT2D eigenvalue weighted by Crippen LogP contribution is -2.56. The van der Waals surface area contributed by atoms with Gasteiger partial charge in [0, 0.05) is 13.1 Å². The van der Waals surface area contributed by atoms with Crippen molar-refractivity contribution in [2.24, 2.45) is 23.2 Å². The van der Waals surface area contributed by atoms with Gasteiger partial charge < -0.3 is 14.2 Å². The minimum absolute atomic E-state index is 0.0787. The molecule has 1 aromatic carbocycles. The zero-order chi connectivity index (χ0) is 24.6. The van der Waals surface area contributed by atoms with Crippen LogP contribution in [-0.4, -0.2) is 34.7 Å². The summed E-state index contributed by atoms with van der Waals surface area (Å²) in [6, 6.07) is 9.99. The predicted octanol–water partition coefficient (Wildman–Crippen LogP) is 5.71. The molecule has 0 atom stereocenters. The van der Waals surface area contributed by atoms with Crippen molar-refractivity contribution in [2.45, 2.75) is 71.9 Å². The molecule has 0 aliphatic heterocycles. The first kappa shape index (κ1) is 24.1. The molecule has 4 aliphatic rings. The summed E-state index contributed by atoms with van der Waals surface area (Å²) in [6.45, 7) is 5.26. The summed E-state index contributed by atoms with van der Waals surface area (Å²) >= 11 is 0. The zero-order valence-electron chi connectivity index (χ0n) is 21.0. The molecule has 35 heavy (non-hydrogen) atoms. The Bertz CT molecular complexity index is 1020. The number of hydrogen-bond acceptors (Lipinski definition) is 3. The van der Waals surface area contributed by atoms with E-state index in [1.54, 1.807) is 17.0 Å². The molecule has 4 fully saturated rings. The second-order valence-electron chi connectivity index (χ2n) is 11.3. The molecule has 0 unspecified atom stereocenters. The Labute approximate surface area is 207 Å². The minimum Gasteiger partial charge on any atom is -0.464 e. The van der Waals surface area contributed by atoms with Crippen LogP contribution in [0.1, 0.15) is 69.0 Å². The van der Waals surface area contributed by atoms with E-state index in [4.69, 9.17) is 4.42 Å². The van der Waals surface area contributed by atoms with Gasteiger partial charge in [-0.15, -0.1) is 0 Å². The third-order valence-corrected chi connectivity index (χ3v) is 8.38. The van der Waals surface area contributed by atoms with Gasteiger partial charge in [-0.1, -0.05) is 19.1 Å². The van der Waals surface area contributed by atoms with E-state index in [0.717, 1.165) is 37.0 Å². The fourth-order valence-electron chi connectivity index (χ4n) is 7.29. The number of furan rings is 1. The van der Waals surface area contributed by atoms with Gasteiger partial charge in [0.15, 0.2) is 0 Å². The number of carbonyl (C=O) groups is 2. The maximum atomic E-state index is 14.0. The van der Waals surface area contributed by atoms with Crippen molar-refractivity contribution in [1.82, 2.24) is 9.80 Å². The fraction of sp³-hybridized carbons (Fsp3) is 0.586. The molecule has 4 saturated carbocycles. The maximum absolute atomic E-state index is 14.0. The smallest absolute Gasteiger partial charge is 0.242 e. The van der Waals surface area contributed by atoms with Gasteiger partial charge in [0.05, 0.1) is 18.5 Å². The number of amides is 2. The zero-order valence-corrected chi connectivity index (χ0v) is 21.0. The van der Waals surface area contributed by atoms with Crippen LogP contribution < -0.4 is 0 Å². The van der Waals surface area contributed by atoms with Gasteiger partial charge in [0.1, 0.15) is 17.3 Å². The van der Waals surface area contributed by atoms with Crippen LogP contribution in [0.15, 0.2) is 40.8 Å². The molecular formula is C29H37FN2O3. The summed E-state index contributed by atoms with van der Waals surface area (Å²) in [4.78, 5) is 31.2. The van der Waals surface area contributed by atoms with E-state index in [2.05, 4.69) is 6.92 Å². The lowest BCUT2D eigenvalue weighted by molar-refractivity contribution is -0.160. The largest absolute Gasteiger partial charge is 0.464 e. The molecule has 0 radical (unpaired) electrons. The van der Waals surface area contributed by atoms with Crippen LogP contribution >= 0.6 is 0 Å². The Kier molecular flexibility index (Phi) is 6.73. The van der Waals surface area contributed by atoms with Gasteiger partial charge in [-0.3, -0.25) is 9.59 Å². The van der Waals surface area contributed by atoms with Crippen LogP contribution in [0.3, 0.4) is 0 Å². The van der Waals surface area contributed by atoms with Crippen molar-refractivity contribution in [3.05, 3.63) is 59.3 Å². The number of aryl methyl sites for hydroxylation is 1. The highest BCUT2D eigenvalue weighted by molar-refractivity contribution is 5.88. The number of benzene rings is 1. The van der Waals surface area contributed by atoms with Crippen LogP contribution in [-0.2, 0) is 22.7 Å². The lowest BCUT2D eigenvalue weighted by Gasteiger charge is -2.56. The average Bonchev–Trinajstić information content (AvgIpc) is 3.23. The summed E-state index contributed by atoms with van der Waals surface area (Å²) in [5, 5.41) is 0. The van der Waals surface area contributed by atoms with Crippen LogP contribution in [0.2, 0.25) is 0 Å². The van der Waals surface area contributed by atoms with Crippen LogP contribution in [0.4, 0.5) is 4.39 Å². The van der Waals surface area contributed by atoms with Crippen molar-refractivity contribution in [3.8, 4) is 0 Å². The Morgan fingerprint density at radius 1 is 0.943 bits per heavy atom. The summed E-state index contributed by atoms with van der Waals surface area (Å²) < 4.78 is 19.2. The van der Waals surface area contributed by atoms with E-state index in [1.807, 2.05) is 24.0 Å². The van der Waals surface area contributed by atoms with Gasteiger partial charge in [0.2, 0.25) is 11.8 Å². The third kappa shape index (κ3) is 5.17. The molecule has 4 aliphatic carbocycles. The van der Waals surface area contributed by atoms with Gasteiger partial charge in [-0.05, 0) is 99.5 Å². The molecule has 1 heterocycles. The van der Waals surface area contributed by atoms with E-state index < -0.39 is 0 Å². The number of halogens is 1. The minimum atomic E-state index is -0.302. The molecule has 0 saturated heterocycles. The SMILES string of the molecule is CCCN(CC(=O)N(Cc1ccc(F)cc1)Cc1ccc(C)o1)C(=O)C12CC3CC(CC(C3)C1)C2. The van der Waals surface area contributed by atoms with Crippen LogP contribution in [0.25, 0.3) is 0 Å². The van der Waals surface area contributed by atoms with Gasteiger partial charge >= 0.3 is 0 Å². The Hall–Kier alpha value is -2.63. The van der Waals surface area contributed by atoms with Crippen molar-refractivity contribution in [1.29, 1.82) is 0 Å².